The van der Waals surface area contributed by atoms with Crippen molar-refractivity contribution in [2.75, 3.05) is 25.3 Å². The molecule has 0 atom stereocenters. The summed E-state index contributed by atoms with van der Waals surface area (Å²) in [6.07, 6.45) is 0. The second-order valence-corrected chi connectivity index (χ2v) is 8.65. The molecule has 3 aromatic rings. The van der Waals surface area contributed by atoms with Crippen molar-refractivity contribution >= 4 is 46.6 Å². The van der Waals surface area contributed by atoms with Crippen LogP contribution in [-0.2, 0) is 17.9 Å². The van der Waals surface area contributed by atoms with Crippen LogP contribution in [0.3, 0.4) is 0 Å². The second-order valence-electron chi connectivity index (χ2n) is 6.87. The lowest BCUT2D eigenvalue weighted by molar-refractivity contribution is -0.113. The highest BCUT2D eigenvalue weighted by atomic mass is 35.5. The van der Waals surface area contributed by atoms with Crippen LogP contribution in [0.2, 0.25) is 10.0 Å². The van der Waals surface area contributed by atoms with E-state index < -0.39 is 0 Å². The molecule has 0 radical (unpaired) electrons. The van der Waals surface area contributed by atoms with Gasteiger partial charge in [0.2, 0.25) is 5.91 Å². The fraction of sp³-hybridized carbons (Fsp3) is 0.318. The fourth-order valence-corrected chi connectivity index (χ4v) is 4.32. The lowest BCUT2D eigenvalue weighted by Crippen LogP contribution is -2.15. The Labute approximate surface area is 206 Å². The number of hydrogen-bond acceptors (Lipinski definition) is 7. The van der Waals surface area contributed by atoms with Gasteiger partial charge in [-0.25, -0.2) is 0 Å². The molecule has 0 saturated carbocycles. The van der Waals surface area contributed by atoms with E-state index in [0.29, 0.717) is 44.8 Å². The zero-order valence-electron chi connectivity index (χ0n) is 18.6. The first-order chi connectivity index (χ1) is 15.9. The first kappa shape index (κ1) is 25.0. The Morgan fingerprint density at radius 2 is 1.85 bits per heavy atom. The number of rotatable bonds is 10. The van der Waals surface area contributed by atoms with Gasteiger partial charge in [-0.1, -0.05) is 35.0 Å². The number of carbonyl (C=O) groups excluding carboxylic acids is 1. The van der Waals surface area contributed by atoms with Gasteiger partial charge in [-0.15, -0.1) is 10.2 Å². The van der Waals surface area contributed by atoms with Crippen LogP contribution in [0.25, 0.3) is 0 Å². The smallest absolute Gasteiger partial charge is 0.234 e. The lowest BCUT2D eigenvalue weighted by Gasteiger charge is -2.13. The number of ether oxygens (including phenoxy) is 3. The quantitative estimate of drug-likeness (QED) is 0.373. The van der Waals surface area contributed by atoms with Gasteiger partial charge in [0.1, 0.15) is 23.9 Å². The average molecular weight is 511 g/mol. The third kappa shape index (κ3) is 6.25. The van der Waals surface area contributed by atoms with E-state index in [9.17, 15) is 4.79 Å². The van der Waals surface area contributed by atoms with Gasteiger partial charge in [-0.2, -0.15) is 0 Å². The number of aryl methyl sites for hydroxylation is 1. The first-order valence-electron chi connectivity index (χ1n) is 10.0. The minimum Gasteiger partial charge on any atom is -0.495 e. The minimum atomic E-state index is -0.233. The third-order valence-corrected chi connectivity index (χ3v) is 6.18. The van der Waals surface area contributed by atoms with Crippen LogP contribution in [0, 0.1) is 6.92 Å². The number of thioether (sulfide) groups is 1. The lowest BCUT2D eigenvalue weighted by atomic mass is 10.2. The topological polar surface area (TPSA) is 87.5 Å². The molecule has 1 amide bonds. The standard InChI is InChI=1S/C22H24Cl2N4O4S/c1-5-28-20(11-32-17-7-6-14(23)8-13(17)2)26-27-22(28)33-12-21(29)25-16-10-18(30-3)15(24)9-19(16)31-4/h6-10H,5,11-12H2,1-4H3,(H,25,29). The zero-order chi connectivity index (χ0) is 24.0. The summed E-state index contributed by atoms with van der Waals surface area (Å²) in [5.41, 5.74) is 1.40. The van der Waals surface area contributed by atoms with Crippen LogP contribution in [0.4, 0.5) is 5.69 Å². The number of nitrogens with one attached hydrogen (secondary N) is 1. The van der Waals surface area contributed by atoms with E-state index in [1.54, 1.807) is 18.2 Å². The van der Waals surface area contributed by atoms with Crippen molar-refractivity contribution in [3.05, 3.63) is 51.8 Å². The Bertz CT molecular complexity index is 1140. The van der Waals surface area contributed by atoms with Gasteiger partial charge < -0.3 is 24.1 Å². The zero-order valence-corrected chi connectivity index (χ0v) is 21.0. The van der Waals surface area contributed by atoms with Gasteiger partial charge in [0.05, 0.1) is 30.7 Å². The molecule has 1 N–H and O–H groups in total. The number of benzene rings is 2. The number of amides is 1. The van der Waals surface area contributed by atoms with Crippen LogP contribution in [0.5, 0.6) is 17.2 Å². The summed E-state index contributed by atoms with van der Waals surface area (Å²) < 4.78 is 18.3. The van der Waals surface area contributed by atoms with Gasteiger partial charge in [0.15, 0.2) is 11.0 Å². The molecule has 0 fully saturated rings. The molecule has 2 aromatic carbocycles. The van der Waals surface area contributed by atoms with Crippen molar-refractivity contribution in [2.24, 2.45) is 0 Å². The Hall–Kier alpha value is -2.62. The Morgan fingerprint density at radius 1 is 1.09 bits per heavy atom. The van der Waals surface area contributed by atoms with Gasteiger partial charge in [0.25, 0.3) is 0 Å². The molecule has 0 aliphatic heterocycles. The van der Waals surface area contributed by atoms with Crippen molar-refractivity contribution in [1.82, 2.24) is 14.8 Å². The van der Waals surface area contributed by atoms with Crippen molar-refractivity contribution in [2.45, 2.75) is 32.2 Å². The van der Waals surface area contributed by atoms with E-state index in [2.05, 4.69) is 15.5 Å². The van der Waals surface area contributed by atoms with Gasteiger partial charge >= 0.3 is 0 Å². The summed E-state index contributed by atoms with van der Waals surface area (Å²) in [6, 6.07) is 8.65. The molecule has 0 saturated heterocycles. The largest absolute Gasteiger partial charge is 0.495 e. The summed E-state index contributed by atoms with van der Waals surface area (Å²) in [4.78, 5) is 12.6. The molecule has 11 heteroatoms. The molecule has 1 aromatic heterocycles. The monoisotopic (exact) mass is 510 g/mol. The van der Waals surface area contributed by atoms with E-state index in [4.69, 9.17) is 37.4 Å². The van der Waals surface area contributed by atoms with Crippen molar-refractivity contribution in [1.29, 1.82) is 0 Å². The highest BCUT2D eigenvalue weighted by molar-refractivity contribution is 7.99. The molecular formula is C22H24Cl2N4O4S. The van der Waals surface area contributed by atoms with Crippen LogP contribution in [-0.4, -0.2) is 40.6 Å². The summed E-state index contributed by atoms with van der Waals surface area (Å²) in [5, 5.41) is 12.9. The van der Waals surface area contributed by atoms with Crippen LogP contribution in [0.1, 0.15) is 18.3 Å². The number of nitrogens with zero attached hydrogens (tertiary/aromatic N) is 3. The molecule has 0 aliphatic carbocycles. The second kappa shape index (κ2) is 11.5. The van der Waals surface area contributed by atoms with Crippen molar-refractivity contribution in [3.63, 3.8) is 0 Å². The van der Waals surface area contributed by atoms with Gasteiger partial charge in [0, 0.05) is 23.7 Å². The highest BCUT2D eigenvalue weighted by Gasteiger charge is 2.16. The predicted octanol–water partition coefficient (Wildman–Crippen LogP) is 5.24. The third-order valence-electron chi connectivity index (χ3n) is 4.68. The SMILES string of the molecule is CCn1c(COc2ccc(Cl)cc2C)nnc1SCC(=O)Nc1cc(OC)c(Cl)cc1OC. The number of anilines is 1. The Morgan fingerprint density at radius 3 is 2.52 bits per heavy atom. The van der Waals surface area contributed by atoms with Gasteiger partial charge in [-0.05, 0) is 37.6 Å². The maximum atomic E-state index is 12.6. The molecule has 0 unspecified atom stereocenters. The number of aromatic nitrogens is 3. The van der Waals surface area contributed by atoms with E-state index >= 15 is 0 Å². The Balaban J connectivity index is 1.63. The molecule has 176 valence electrons. The first-order valence-corrected chi connectivity index (χ1v) is 11.8. The van der Waals surface area contributed by atoms with Crippen LogP contribution in [0.15, 0.2) is 35.5 Å². The van der Waals surface area contributed by atoms with E-state index in [1.807, 2.05) is 30.5 Å². The summed E-state index contributed by atoms with van der Waals surface area (Å²) in [5.74, 6) is 2.16. The fourth-order valence-electron chi connectivity index (χ4n) is 3.04. The van der Waals surface area contributed by atoms with E-state index in [0.717, 1.165) is 11.3 Å². The van der Waals surface area contributed by atoms with Crippen molar-refractivity contribution < 1.29 is 19.0 Å². The van der Waals surface area contributed by atoms with Crippen molar-refractivity contribution in [3.8, 4) is 17.2 Å². The molecular weight excluding hydrogens is 487 g/mol. The average Bonchev–Trinajstić information content (AvgIpc) is 3.19. The number of halogens is 2. The highest BCUT2D eigenvalue weighted by Crippen LogP contribution is 2.36. The molecule has 0 aliphatic rings. The Kier molecular flexibility index (Phi) is 8.71. The number of hydrogen-bond donors (Lipinski definition) is 1. The van der Waals surface area contributed by atoms with Crippen LogP contribution < -0.4 is 19.5 Å². The molecule has 1 heterocycles. The number of carbonyl (C=O) groups is 1. The molecule has 0 bridgehead atoms. The van der Waals surface area contributed by atoms with Crippen LogP contribution >= 0.6 is 35.0 Å². The van der Waals surface area contributed by atoms with E-state index in [1.165, 1.54) is 26.0 Å². The molecule has 0 spiro atoms. The molecule has 33 heavy (non-hydrogen) atoms. The minimum absolute atomic E-state index is 0.128. The van der Waals surface area contributed by atoms with Gasteiger partial charge in [-0.3, -0.25) is 4.79 Å². The summed E-state index contributed by atoms with van der Waals surface area (Å²) >= 11 is 13.4. The maximum Gasteiger partial charge on any atom is 0.234 e. The summed E-state index contributed by atoms with van der Waals surface area (Å²) in [7, 11) is 3.00. The molecule has 3 rings (SSSR count). The van der Waals surface area contributed by atoms with E-state index in [-0.39, 0.29) is 18.3 Å². The maximum absolute atomic E-state index is 12.6. The summed E-state index contributed by atoms with van der Waals surface area (Å²) in [6.45, 7) is 4.79. The normalized spacial score (nSPS) is 10.7. The predicted molar refractivity (Wildman–Crippen MR) is 130 cm³/mol. The molecule has 8 nitrogen and oxygen atoms in total. The number of methoxy groups -OCH3 is 2.